The molecule has 1 saturated heterocycles. The van der Waals surface area contributed by atoms with Gasteiger partial charge in [0.1, 0.15) is 0 Å². The normalized spacial score (nSPS) is 19.0. The summed E-state index contributed by atoms with van der Waals surface area (Å²) >= 11 is 3.31. The van der Waals surface area contributed by atoms with E-state index >= 15 is 0 Å². The summed E-state index contributed by atoms with van der Waals surface area (Å²) in [6, 6.07) is 6.88. The second-order valence-electron chi connectivity index (χ2n) is 4.30. The number of hydrogen-bond acceptors (Lipinski definition) is 3. The van der Waals surface area contributed by atoms with E-state index in [4.69, 9.17) is 0 Å². The number of benzene rings is 1. The zero-order valence-corrected chi connectivity index (χ0v) is 12.7. The van der Waals surface area contributed by atoms with Gasteiger partial charge in [-0.05, 0) is 24.7 Å². The lowest BCUT2D eigenvalue weighted by Crippen LogP contribution is -2.48. The Morgan fingerprint density at radius 3 is 2.44 bits per heavy atom. The standard InChI is InChI=1S/C12H17BrN2O2S/c1-2-14-6-8-15(9-7-14)18(16,17)12-5-3-4-11(13)10-12/h3-5,10H,2,6-9H2,1H3. The topological polar surface area (TPSA) is 40.6 Å². The fraction of sp³-hybridized carbons (Fsp3) is 0.500. The monoisotopic (exact) mass is 332 g/mol. The minimum Gasteiger partial charge on any atom is -0.301 e. The van der Waals surface area contributed by atoms with Crippen LogP contribution < -0.4 is 0 Å². The maximum Gasteiger partial charge on any atom is 0.243 e. The Morgan fingerprint density at radius 2 is 1.89 bits per heavy atom. The summed E-state index contributed by atoms with van der Waals surface area (Å²) in [6.07, 6.45) is 0. The molecular formula is C12H17BrN2O2S. The molecule has 6 heteroatoms. The molecule has 1 aromatic carbocycles. The quantitative estimate of drug-likeness (QED) is 0.847. The first kappa shape index (κ1) is 14.0. The summed E-state index contributed by atoms with van der Waals surface area (Å²) in [5.41, 5.74) is 0. The summed E-state index contributed by atoms with van der Waals surface area (Å²) < 4.78 is 27.2. The van der Waals surface area contributed by atoms with Crippen molar-refractivity contribution < 1.29 is 8.42 Å². The largest absolute Gasteiger partial charge is 0.301 e. The molecule has 0 unspecified atom stereocenters. The molecule has 0 bridgehead atoms. The zero-order valence-electron chi connectivity index (χ0n) is 10.3. The lowest BCUT2D eigenvalue weighted by Gasteiger charge is -2.33. The first-order valence-corrected chi connectivity index (χ1v) is 8.25. The highest BCUT2D eigenvalue weighted by Gasteiger charge is 2.27. The van der Waals surface area contributed by atoms with Gasteiger partial charge in [0, 0.05) is 30.7 Å². The van der Waals surface area contributed by atoms with Crippen molar-refractivity contribution in [2.24, 2.45) is 0 Å². The van der Waals surface area contributed by atoms with Gasteiger partial charge in [0.25, 0.3) is 0 Å². The van der Waals surface area contributed by atoms with Crippen LogP contribution in [0.25, 0.3) is 0 Å². The number of nitrogens with zero attached hydrogens (tertiary/aromatic N) is 2. The van der Waals surface area contributed by atoms with Gasteiger partial charge in [-0.25, -0.2) is 8.42 Å². The highest BCUT2D eigenvalue weighted by Crippen LogP contribution is 2.20. The van der Waals surface area contributed by atoms with E-state index in [1.54, 1.807) is 22.5 Å². The van der Waals surface area contributed by atoms with E-state index in [2.05, 4.69) is 27.8 Å². The van der Waals surface area contributed by atoms with E-state index in [-0.39, 0.29) is 0 Å². The van der Waals surface area contributed by atoms with Crippen molar-refractivity contribution >= 4 is 26.0 Å². The molecule has 1 aliphatic heterocycles. The molecule has 1 aliphatic rings. The molecule has 0 N–H and O–H groups in total. The van der Waals surface area contributed by atoms with E-state index in [9.17, 15) is 8.42 Å². The number of halogens is 1. The van der Waals surface area contributed by atoms with Gasteiger partial charge in [0.15, 0.2) is 0 Å². The Balaban J connectivity index is 2.17. The smallest absolute Gasteiger partial charge is 0.243 e. The van der Waals surface area contributed by atoms with Crippen LogP contribution in [0.4, 0.5) is 0 Å². The van der Waals surface area contributed by atoms with E-state index in [1.807, 2.05) is 6.07 Å². The van der Waals surface area contributed by atoms with Crippen molar-refractivity contribution in [3.05, 3.63) is 28.7 Å². The first-order chi connectivity index (χ1) is 8.54. The molecule has 1 fully saturated rings. The van der Waals surface area contributed by atoms with Gasteiger partial charge in [0.05, 0.1) is 4.90 Å². The van der Waals surface area contributed by atoms with E-state index in [0.29, 0.717) is 18.0 Å². The van der Waals surface area contributed by atoms with E-state index in [1.165, 1.54) is 0 Å². The van der Waals surface area contributed by atoms with Crippen molar-refractivity contribution in [1.29, 1.82) is 0 Å². The van der Waals surface area contributed by atoms with E-state index in [0.717, 1.165) is 24.1 Å². The third kappa shape index (κ3) is 2.93. The Labute approximate surface area is 117 Å². The van der Waals surface area contributed by atoms with Crippen LogP contribution in [0.5, 0.6) is 0 Å². The van der Waals surface area contributed by atoms with E-state index < -0.39 is 10.0 Å². The summed E-state index contributed by atoms with van der Waals surface area (Å²) in [6.45, 7) is 5.84. The first-order valence-electron chi connectivity index (χ1n) is 6.02. The zero-order chi connectivity index (χ0) is 13.2. The molecule has 0 amide bonds. The fourth-order valence-corrected chi connectivity index (χ4v) is 4.08. The maximum atomic E-state index is 12.4. The predicted molar refractivity (Wildman–Crippen MR) is 75.0 cm³/mol. The predicted octanol–water partition coefficient (Wildman–Crippen LogP) is 1.78. The van der Waals surface area contributed by atoms with Crippen LogP contribution in [0, 0.1) is 0 Å². The third-order valence-corrected chi connectivity index (χ3v) is 5.60. The Hall–Kier alpha value is -0.430. The molecule has 0 atom stereocenters. The molecule has 1 heterocycles. The number of rotatable bonds is 3. The second kappa shape index (κ2) is 5.69. The van der Waals surface area contributed by atoms with Gasteiger partial charge in [0.2, 0.25) is 10.0 Å². The van der Waals surface area contributed by atoms with Gasteiger partial charge in [-0.1, -0.05) is 28.9 Å². The summed E-state index contributed by atoms with van der Waals surface area (Å²) in [4.78, 5) is 2.62. The SMILES string of the molecule is CCN1CCN(S(=O)(=O)c2cccc(Br)c2)CC1. The average Bonchev–Trinajstić information content (AvgIpc) is 2.39. The molecule has 0 radical (unpaired) electrons. The number of likely N-dealkylation sites (N-methyl/N-ethyl adjacent to an activating group) is 1. The number of piperazine rings is 1. The number of sulfonamides is 1. The van der Waals surface area contributed by atoms with Gasteiger partial charge in [-0.15, -0.1) is 0 Å². The Morgan fingerprint density at radius 1 is 1.22 bits per heavy atom. The van der Waals surface area contributed by atoms with Crippen LogP contribution in [0.3, 0.4) is 0 Å². The van der Waals surface area contributed by atoms with Crippen LogP contribution in [0.15, 0.2) is 33.6 Å². The summed E-state index contributed by atoms with van der Waals surface area (Å²) in [5.74, 6) is 0. The molecule has 1 aromatic rings. The minimum absolute atomic E-state index is 0.363. The molecule has 0 aromatic heterocycles. The summed E-state index contributed by atoms with van der Waals surface area (Å²) in [5, 5.41) is 0. The molecule has 0 spiro atoms. The van der Waals surface area contributed by atoms with Gasteiger partial charge in [-0.2, -0.15) is 4.31 Å². The van der Waals surface area contributed by atoms with Gasteiger partial charge in [-0.3, -0.25) is 0 Å². The minimum atomic E-state index is -3.34. The average molecular weight is 333 g/mol. The van der Waals surface area contributed by atoms with Crippen LogP contribution in [-0.2, 0) is 10.0 Å². The highest BCUT2D eigenvalue weighted by atomic mass is 79.9. The van der Waals surface area contributed by atoms with Crippen LogP contribution in [-0.4, -0.2) is 50.3 Å². The lowest BCUT2D eigenvalue weighted by molar-refractivity contribution is 0.196. The Bertz CT molecular complexity index is 511. The van der Waals surface area contributed by atoms with Crippen molar-refractivity contribution in [3.8, 4) is 0 Å². The maximum absolute atomic E-state index is 12.4. The second-order valence-corrected chi connectivity index (χ2v) is 7.15. The highest BCUT2D eigenvalue weighted by molar-refractivity contribution is 9.10. The lowest BCUT2D eigenvalue weighted by atomic mass is 10.4. The summed E-state index contributed by atoms with van der Waals surface area (Å²) in [7, 11) is -3.34. The van der Waals surface area contributed by atoms with Crippen molar-refractivity contribution in [2.45, 2.75) is 11.8 Å². The molecule has 0 saturated carbocycles. The third-order valence-electron chi connectivity index (χ3n) is 3.21. The molecule has 4 nitrogen and oxygen atoms in total. The van der Waals surface area contributed by atoms with Crippen molar-refractivity contribution in [2.75, 3.05) is 32.7 Å². The molecule has 0 aliphatic carbocycles. The van der Waals surface area contributed by atoms with Crippen LogP contribution >= 0.6 is 15.9 Å². The van der Waals surface area contributed by atoms with Crippen LogP contribution in [0.2, 0.25) is 0 Å². The molecule has 2 rings (SSSR count). The molecule has 100 valence electrons. The van der Waals surface area contributed by atoms with Gasteiger partial charge < -0.3 is 4.90 Å². The van der Waals surface area contributed by atoms with Crippen LogP contribution in [0.1, 0.15) is 6.92 Å². The molecule has 18 heavy (non-hydrogen) atoms. The van der Waals surface area contributed by atoms with Gasteiger partial charge >= 0.3 is 0 Å². The number of hydrogen-bond donors (Lipinski definition) is 0. The van der Waals surface area contributed by atoms with Crippen molar-refractivity contribution in [1.82, 2.24) is 9.21 Å². The fourth-order valence-electron chi connectivity index (χ4n) is 2.06. The Kier molecular flexibility index (Phi) is 4.42. The molecular weight excluding hydrogens is 316 g/mol. The van der Waals surface area contributed by atoms with Crippen molar-refractivity contribution in [3.63, 3.8) is 0 Å².